The zero-order valence-corrected chi connectivity index (χ0v) is 19.9. The molecule has 2 heterocycles. The lowest BCUT2D eigenvalue weighted by Gasteiger charge is -2.20. The lowest BCUT2D eigenvalue weighted by atomic mass is 9.90. The molecule has 10 heteroatoms. The highest BCUT2D eigenvalue weighted by molar-refractivity contribution is 7.91. The molecule has 2 aliphatic rings. The third kappa shape index (κ3) is 5.59. The van der Waals surface area contributed by atoms with Crippen LogP contribution in [0.5, 0.6) is 5.75 Å². The van der Waals surface area contributed by atoms with Crippen molar-refractivity contribution < 1.29 is 27.5 Å². The molecule has 1 aliphatic heterocycles. The largest absolute Gasteiger partial charge is 0.494 e. The van der Waals surface area contributed by atoms with Gasteiger partial charge in [0.25, 0.3) is 10.0 Å². The maximum atomic E-state index is 13.2. The monoisotopic (exact) mass is 472 g/mol. The number of carbonyl (C=O) groups is 2. The van der Waals surface area contributed by atoms with E-state index in [-0.39, 0.29) is 33.3 Å². The van der Waals surface area contributed by atoms with Gasteiger partial charge in [-0.15, -0.1) is 11.3 Å². The molecule has 0 radical (unpaired) electrons. The van der Waals surface area contributed by atoms with Gasteiger partial charge in [0.15, 0.2) is 9.96 Å². The number of nitrogens with one attached hydrogen (secondary N) is 1. The number of hydrogen-bond donors (Lipinski definition) is 1. The van der Waals surface area contributed by atoms with E-state index in [1.807, 2.05) is 0 Å². The Kier molecular flexibility index (Phi) is 8.35. The molecule has 1 saturated carbocycles. The number of amides is 1. The third-order valence-corrected chi connectivity index (χ3v) is 9.53. The Bertz CT molecular complexity index is 874. The first-order valence-corrected chi connectivity index (χ1v) is 13.2. The van der Waals surface area contributed by atoms with Crippen molar-refractivity contribution in [1.82, 2.24) is 9.62 Å². The van der Waals surface area contributed by atoms with Crippen LogP contribution in [0.2, 0.25) is 0 Å². The molecule has 1 aromatic heterocycles. The third-order valence-electron chi connectivity index (χ3n) is 6.19. The summed E-state index contributed by atoms with van der Waals surface area (Å²) in [4.78, 5) is 24.5. The second kappa shape index (κ2) is 10.8. The Balaban J connectivity index is 1.59. The number of nitrogens with zero attached hydrogens (tertiary/aromatic N) is 1. The van der Waals surface area contributed by atoms with Crippen LogP contribution in [0.15, 0.2) is 9.59 Å². The van der Waals surface area contributed by atoms with Crippen molar-refractivity contribution in [3.63, 3.8) is 0 Å². The fourth-order valence-electron chi connectivity index (χ4n) is 4.36. The summed E-state index contributed by atoms with van der Waals surface area (Å²) in [7, 11) is -1.22. The molecular formula is C21H32N2O6S2. The van der Waals surface area contributed by atoms with E-state index in [9.17, 15) is 18.0 Å². The Morgan fingerprint density at radius 3 is 2.45 bits per heavy atom. The minimum Gasteiger partial charge on any atom is -0.494 e. The molecule has 0 aromatic carbocycles. The van der Waals surface area contributed by atoms with E-state index in [1.165, 1.54) is 43.2 Å². The van der Waals surface area contributed by atoms with Crippen LogP contribution < -0.4 is 10.1 Å². The van der Waals surface area contributed by atoms with E-state index in [0.29, 0.717) is 26.1 Å². The molecule has 1 atom stereocenters. The van der Waals surface area contributed by atoms with Crippen molar-refractivity contribution in [2.45, 2.75) is 55.6 Å². The van der Waals surface area contributed by atoms with Gasteiger partial charge in [-0.3, -0.25) is 4.79 Å². The van der Waals surface area contributed by atoms with Crippen molar-refractivity contribution in [2.24, 2.45) is 11.8 Å². The minimum atomic E-state index is -3.80. The van der Waals surface area contributed by atoms with E-state index < -0.39 is 16.0 Å². The Labute approximate surface area is 188 Å². The molecular weight excluding hydrogens is 440 g/mol. The summed E-state index contributed by atoms with van der Waals surface area (Å²) >= 11 is 0.955. The van der Waals surface area contributed by atoms with Crippen LogP contribution in [0.3, 0.4) is 0 Å². The minimum absolute atomic E-state index is 0.00889. The normalized spacial score (nSPS) is 21.3. The Morgan fingerprint density at radius 1 is 1.13 bits per heavy atom. The van der Waals surface area contributed by atoms with Crippen molar-refractivity contribution in [3.05, 3.63) is 10.9 Å². The van der Waals surface area contributed by atoms with Crippen LogP contribution in [-0.2, 0) is 19.6 Å². The average molecular weight is 473 g/mol. The van der Waals surface area contributed by atoms with Crippen LogP contribution in [0, 0.1) is 11.8 Å². The molecule has 1 unspecified atom stereocenters. The Morgan fingerprint density at radius 2 is 1.81 bits per heavy atom. The van der Waals surface area contributed by atoms with Gasteiger partial charge in [-0.1, -0.05) is 32.1 Å². The average Bonchev–Trinajstić information content (AvgIpc) is 3.39. The van der Waals surface area contributed by atoms with Crippen molar-refractivity contribution in [3.8, 4) is 5.75 Å². The summed E-state index contributed by atoms with van der Waals surface area (Å²) in [6, 6.07) is 0. The smallest absolute Gasteiger partial charge is 0.342 e. The van der Waals surface area contributed by atoms with E-state index in [4.69, 9.17) is 9.47 Å². The first kappa shape index (κ1) is 24.0. The van der Waals surface area contributed by atoms with Gasteiger partial charge in [0.2, 0.25) is 5.91 Å². The molecule has 3 rings (SSSR count). The zero-order valence-electron chi connectivity index (χ0n) is 18.2. The number of thiophene rings is 1. The van der Waals surface area contributed by atoms with Crippen LogP contribution in [0.1, 0.15) is 61.7 Å². The van der Waals surface area contributed by atoms with E-state index >= 15 is 0 Å². The lowest BCUT2D eigenvalue weighted by molar-refractivity contribution is -0.125. The second-order valence-electron chi connectivity index (χ2n) is 8.27. The summed E-state index contributed by atoms with van der Waals surface area (Å²) in [5.74, 6) is -0.360. The fraction of sp³-hybridized carbons (Fsp3) is 0.714. The highest BCUT2D eigenvalue weighted by atomic mass is 32.2. The highest BCUT2D eigenvalue weighted by Gasteiger charge is 2.37. The quantitative estimate of drug-likeness (QED) is 0.612. The van der Waals surface area contributed by atoms with Gasteiger partial charge in [-0.05, 0) is 25.2 Å². The number of esters is 1. The maximum absolute atomic E-state index is 13.2. The first-order chi connectivity index (χ1) is 14.9. The van der Waals surface area contributed by atoms with Gasteiger partial charge in [0.05, 0.1) is 14.2 Å². The molecule has 0 spiro atoms. The van der Waals surface area contributed by atoms with E-state index in [1.54, 1.807) is 0 Å². The predicted octanol–water partition coefficient (Wildman–Crippen LogP) is 3.03. The predicted molar refractivity (Wildman–Crippen MR) is 118 cm³/mol. The fourth-order valence-corrected chi connectivity index (χ4v) is 7.45. The van der Waals surface area contributed by atoms with Gasteiger partial charge in [0, 0.05) is 30.9 Å². The lowest BCUT2D eigenvalue weighted by Crippen LogP contribution is -2.36. The number of carbonyl (C=O) groups excluding carboxylic acids is 2. The summed E-state index contributed by atoms with van der Waals surface area (Å²) in [5, 5.41) is 4.50. The molecule has 1 aliphatic carbocycles. The van der Waals surface area contributed by atoms with E-state index in [2.05, 4.69) is 5.32 Å². The summed E-state index contributed by atoms with van der Waals surface area (Å²) in [6.45, 7) is 1.19. The van der Waals surface area contributed by atoms with Crippen molar-refractivity contribution in [1.29, 1.82) is 0 Å². The highest BCUT2D eigenvalue weighted by Crippen LogP contribution is 2.38. The van der Waals surface area contributed by atoms with Crippen LogP contribution in [0.25, 0.3) is 0 Å². The molecule has 31 heavy (non-hydrogen) atoms. The van der Waals surface area contributed by atoms with E-state index in [0.717, 1.165) is 37.0 Å². The summed E-state index contributed by atoms with van der Waals surface area (Å²) in [6.07, 6.45) is 8.42. The van der Waals surface area contributed by atoms with Gasteiger partial charge in [0.1, 0.15) is 5.56 Å². The number of sulfonamides is 1. The molecule has 1 N–H and O–H groups in total. The molecule has 1 amide bonds. The molecule has 1 saturated heterocycles. The zero-order chi connectivity index (χ0) is 22.4. The van der Waals surface area contributed by atoms with Gasteiger partial charge in [-0.2, -0.15) is 4.31 Å². The molecule has 0 bridgehead atoms. The van der Waals surface area contributed by atoms with Crippen molar-refractivity contribution >= 4 is 33.2 Å². The standard InChI is InChI=1S/C21H32N2O6S2/c1-28-18-17(20(25)29-2)14-30-21(18)31(26,27)23-11-10-15(13-23)12-22-19(24)16-8-6-4-3-5-7-9-16/h14-16H,3-13H2,1-2H3,(H,22,24). The number of hydrogen-bond acceptors (Lipinski definition) is 7. The second-order valence-corrected chi connectivity index (χ2v) is 11.3. The van der Waals surface area contributed by atoms with Crippen LogP contribution in [-0.4, -0.2) is 58.5 Å². The van der Waals surface area contributed by atoms with Gasteiger partial charge < -0.3 is 14.8 Å². The molecule has 8 nitrogen and oxygen atoms in total. The number of rotatable bonds is 7. The topological polar surface area (TPSA) is 102 Å². The van der Waals surface area contributed by atoms with Crippen molar-refractivity contribution in [2.75, 3.05) is 33.9 Å². The van der Waals surface area contributed by atoms with Gasteiger partial charge >= 0.3 is 5.97 Å². The van der Waals surface area contributed by atoms with Gasteiger partial charge in [-0.25, -0.2) is 13.2 Å². The first-order valence-electron chi connectivity index (χ1n) is 10.9. The molecule has 2 fully saturated rings. The molecule has 1 aromatic rings. The summed E-state index contributed by atoms with van der Waals surface area (Å²) in [5.41, 5.74) is 0.107. The SMILES string of the molecule is COC(=O)c1csc(S(=O)(=O)N2CCC(CNC(=O)C3CCCCCCC3)C2)c1OC. The van der Waals surface area contributed by atoms with Crippen LogP contribution in [0.4, 0.5) is 0 Å². The number of methoxy groups -OCH3 is 2. The Hall–Kier alpha value is -1.65. The number of ether oxygens (including phenoxy) is 2. The maximum Gasteiger partial charge on any atom is 0.342 e. The van der Waals surface area contributed by atoms with Crippen LogP contribution >= 0.6 is 11.3 Å². The summed E-state index contributed by atoms with van der Waals surface area (Å²) < 4.78 is 37.7. The molecule has 174 valence electrons.